The quantitative estimate of drug-likeness (QED) is 0.238. The highest BCUT2D eigenvalue weighted by atomic mass is 16.4. The molecule has 0 bridgehead atoms. The summed E-state index contributed by atoms with van der Waals surface area (Å²) >= 11 is 0. The average molecular weight is 500 g/mol. The van der Waals surface area contributed by atoms with E-state index in [0.717, 1.165) is 27.8 Å². The van der Waals surface area contributed by atoms with E-state index in [2.05, 4.69) is 112 Å². The van der Waals surface area contributed by atoms with E-state index in [-0.39, 0.29) is 0 Å². The summed E-state index contributed by atoms with van der Waals surface area (Å²) in [4.78, 5) is 4.89. The highest BCUT2D eigenvalue weighted by molar-refractivity contribution is 6.30. The Morgan fingerprint density at radius 3 is 2.10 bits per heavy atom. The van der Waals surface area contributed by atoms with Crippen LogP contribution in [0.5, 0.6) is 0 Å². The van der Waals surface area contributed by atoms with E-state index in [0.29, 0.717) is 6.01 Å². The Morgan fingerprint density at radius 1 is 0.487 bits per heavy atom. The summed E-state index contributed by atoms with van der Waals surface area (Å²) in [7, 11) is 0. The Labute approximate surface area is 222 Å². The van der Waals surface area contributed by atoms with Crippen molar-refractivity contribution in [2.75, 3.05) is 0 Å². The molecule has 3 heterocycles. The summed E-state index contributed by atoms with van der Waals surface area (Å²) in [6.07, 6.45) is 0. The Balaban J connectivity index is 1.54. The molecule has 0 saturated carbocycles. The Morgan fingerprint density at radius 2 is 1.21 bits per heavy atom. The maximum Gasteiger partial charge on any atom is 0.307 e. The lowest BCUT2D eigenvalue weighted by atomic mass is 10.0. The van der Waals surface area contributed by atoms with Crippen LogP contribution in [0, 0.1) is 0 Å². The predicted octanol–water partition coefficient (Wildman–Crippen LogP) is 9.18. The smallest absolute Gasteiger partial charge is 0.307 e. The minimum Gasteiger partial charge on any atom is -0.423 e. The summed E-state index contributed by atoms with van der Waals surface area (Å²) in [5, 5.41) is 7.37. The molecule has 0 aliphatic rings. The molecule has 0 radical (unpaired) electrons. The Hall–Kier alpha value is -5.35. The van der Waals surface area contributed by atoms with Crippen LogP contribution >= 0.6 is 0 Å². The maximum atomic E-state index is 6.32. The summed E-state index contributed by atoms with van der Waals surface area (Å²) in [6, 6.07) is 45.4. The second-order valence-electron chi connectivity index (χ2n) is 10.0. The van der Waals surface area contributed by atoms with Crippen molar-refractivity contribution >= 4 is 65.5 Å². The number of benzene rings is 6. The van der Waals surface area contributed by atoms with Gasteiger partial charge in [0.25, 0.3) is 0 Å². The van der Waals surface area contributed by atoms with Gasteiger partial charge in [0.2, 0.25) is 0 Å². The van der Waals surface area contributed by atoms with Gasteiger partial charge in [-0.25, -0.2) is 0 Å². The SMILES string of the molecule is c1ccc(-n2c3ccc4ccccc4c3c3ccc4c(c5ccccc5n4-c4nc5ccccc5o4)c32)cc1. The molecule has 3 aromatic heterocycles. The van der Waals surface area contributed by atoms with E-state index in [1.165, 1.54) is 43.4 Å². The van der Waals surface area contributed by atoms with Gasteiger partial charge in [-0.3, -0.25) is 4.57 Å². The van der Waals surface area contributed by atoms with Gasteiger partial charge in [-0.2, -0.15) is 4.98 Å². The van der Waals surface area contributed by atoms with Gasteiger partial charge < -0.3 is 8.98 Å². The van der Waals surface area contributed by atoms with Crippen molar-refractivity contribution in [2.45, 2.75) is 0 Å². The van der Waals surface area contributed by atoms with Crippen LogP contribution in [-0.4, -0.2) is 14.1 Å². The van der Waals surface area contributed by atoms with E-state index in [1.54, 1.807) is 0 Å². The van der Waals surface area contributed by atoms with Crippen molar-refractivity contribution in [3.63, 3.8) is 0 Å². The molecule has 9 rings (SSSR count). The van der Waals surface area contributed by atoms with E-state index in [1.807, 2.05) is 24.3 Å². The largest absolute Gasteiger partial charge is 0.423 e. The van der Waals surface area contributed by atoms with E-state index in [4.69, 9.17) is 9.40 Å². The van der Waals surface area contributed by atoms with Crippen LogP contribution in [-0.2, 0) is 0 Å². The second kappa shape index (κ2) is 7.59. The lowest BCUT2D eigenvalue weighted by molar-refractivity contribution is 0.574. The lowest BCUT2D eigenvalue weighted by Gasteiger charge is -2.09. The van der Waals surface area contributed by atoms with Crippen LogP contribution in [0.15, 0.2) is 132 Å². The first-order valence-electron chi connectivity index (χ1n) is 13.2. The molecule has 6 aromatic carbocycles. The van der Waals surface area contributed by atoms with Crippen LogP contribution < -0.4 is 0 Å². The second-order valence-corrected chi connectivity index (χ2v) is 10.0. The fraction of sp³-hybridized carbons (Fsp3) is 0. The molecule has 0 unspecified atom stereocenters. The average Bonchev–Trinajstić information content (AvgIpc) is 3.67. The molecule has 0 aliphatic heterocycles. The Bertz CT molecular complexity index is 2360. The molecule has 0 aliphatic carbocycles. The van der Waals surface area contributed by atoms with Gasteiger partial charge in [-0.05, 0) is 53.2 Å². The summed E-state index contributed by atoms with van der Waals surface area (Å²) in [5.74, 6) is 0. The third kappa shape index (κ3) is 2.75. The summed E-state index contributed by atoms with van der Waals surface area (Å²) in [5.41, 5.74) is 7.30. The zero-order valence-corrected chi connectivity index (χ0v) is 20.9. The van der Waals surface area contributed by atoms with Crippen LogP contribution in [0.1, 0.15) is 0 Å². The molecule has 0 fully saturated rings. The van der Waals surface area contributed by atoms with Gasteiger partial charge in [-0.15, -0.1) is 0 Å². The Kier molecular flexibility index (Phi) is 4.02. The number of rotatable bonds is 2. The van der Waals surface area contributed by atoms with Gasteiger partial charge in [-0.1, -0.05) is 84.9 Å². The minimum atomic E-state index is 0.578. The third-order valence-electron chi connectivity index (χ3n) is 7.94. The molecule has 182 valence electrons. The fourth-order valence-electron chi connectivity index (χ4n) is 6.33. The number of fused-ring (bicyclic) bond motifs is 10. The molecule has 0 amide bonds. The lowest BCUT2D eigenvalue weighted by Crippen LogP contribution is -1.95. The van der Waals surface area contributed by atoms with Crippen LogP contribution in [0.25, 0.3) is 77.2 Å². The molecular formula is C35H21N3O. The van der Waals surface area contributed by atoms with Crippen LogP contribution in [0.2, 0.25) is 0 Å². The molecule has 0 atom stereocenters. The number of nitrogens with zero attached hydrogens (tertiary/aromatic N) is 3. The molecule has 4 heteroatoms. The highest BCUT2D eigenvalue weighted by Gasteiger charge is 2.23. The summed E-state index contributed by atoms with van der Waals surface area (Å²) in [6.45, 7) is 0. The number of para-hydroxylation sites is 4. The number of hydrogen-bond acceptors (Lipinski definition) is 2. The zero-order valence-electron chi connectivity index (χ0n) is 20.9. The van der Waals surface area contributed by atoms with Gasteiger partial charge >= 0.3 is 6.01 Å². The van der Waals surface area contributed by atoms with E-state index >= 15 is 0 Å². The van der Waals surface area contributed by atoms with Crippen LogP contribution in [0.4, 0.5) is 0 Å². The van der Waals surface area contributed by atoms with Gasteiger partial charge in [0.05, 0.1) is 22.1 Å². The first-order chi connectivity index (χ1) is 19.4. The van der Waals surface area contributed by atoms with Gasteiger partial charge in [0, 0.05) is 27.2 Å². The monoisotopic (exact) mass is 499 g/mol. The number of hydrogen-bond donors (Lipinski definition) is 0. The third-order valence-corrected chi connectivity index (χ3v) is 7.94. The predicted molar refractivity (Wildman–Crippen MR) is 160 cm³/mol. The number of aromatic nitrogens is 3. The standard InChI is InChI=1S/C35H21N3O/c1-2-11-23(12-3-1)37-29-20-18-22-10-4-5-13-24(22)32(29)26-19-21-30-33(34(26)37)25-14-6-8-16-28(25)38(30)35-36-27-15-7-9-17-31(27)39-35/h1-21H. The molecule has 9 aromatic rings. The molecule has 0 N–H and O–H groups in total. The topological polar surface area (TPSA) is 35.9 Å². The first kappa shape index (κ1) is 20.7. The molecule has 39 heavy (non-hydrogen) atoms. The van der Waals surface area contributed by atoms with Gasteiger partial charge in [0.1, 0.15) is 5.52 Å². The molecule has 0 saturated heterocycles. The van der Waals surface area contributed by atoms with Crippen molar-refractivity contribution in [1.82, 2.24) is 14.1 Å². The zero-order chi connectivity index (χ0) is 25.5. The summed E-state index contributed by atoms with van der Waals surface area (Å²) < 4.78 is 10.9. The van der Waals surface area contributed by atoms with E-state index < -0.39 is 0 Å². The number of oxazole rings is 1. The molecular weight excluding hydrogens is 478 g/mol. The first-order valence-corrected chi connectivity index (χ1v) is 13.2. The van der Waals surface area contributed by atoms with Gasteiger partial charge in [0.15, 0.2) is 5.58 Å². The molecule has 4 nitrogen and oxygen atoms in total. The van der Waals surface area contributed by atoms with Crippen molar-refractivity contribution in [3.05, 3.63) is 127 Å². The maximum absolute atomic E-state index is 6.32. The van der Waals surface area contributed by atoms with Crippen molar-refractivity contribution < 1.29 is 4.42 Å². The molecule has 0 spiro atoms. The van der Waals surface area contributed by atoms with Crippen molar-refractivity contribution in [2.24, 2.45) is 0 Å². The van der Waals surface area contributed by atoms with Crippen molar-refractivity contribution in [1.29, 1.82) is 0 Å². The van der Waals surface area contributed by atoms with Crippen molar-refractivity contribution in [3.8, 4) is 11.7 Å². The highest BCUT2D eigenvalue weighted by Crippen LogP contribution is 2.43. The van der Waals surface area contributed by atoms with E-state index in [9.17, 15) is 0 Å². The normalized spacial score (nSPS) is 12.1. The minimum absolute atomic E-state index is 0.578. The van der Waals surface area contributed by atoms with Crippen LogP contribution in [0.3, 0.4) is 0 Å². The fourth-order valence-corrected chi connectivity index (χ4v) is 6.33.